The topological polar surface area (TPSA) is 72.6 Å². The lowest BCUT2D eigenvalue weighted by molar-refractivity contribution is -0.385. The molecule has 2 aromatic carbocycles. The van der Waals surface area contributed by atoms with E-state index >= 15 is 0 Å². The molecule has 0 saturated heterocycles. The summed E-state index contributed by atoms with van der Waals surface area (Å²) in [5.74, 6) is 0.0571. The fraction of sp³-hybridized carbons (Fsp3) is 0.200. The van der Waals surface area contributed by atoms with E-state index in [1.54, 1.807) is 13.0 Å². The predicted octanol–water partition coefficient (Wildman–Crippen LogP) is 3.89. The fourth-order valence-electron chi connectivity index (χ4n) is 1.97. The van der Waals surface area contributed by atoms with Crippen molar-refractivity contribution in [2.45, 2.75) is 20.0 Å². The molecule has 21 heavy (non-hydrogen) atoms. The van der Waals surface area contributed by atoms with E-state index in [1.807, 2.05) is 0 Å². The van der Waals surface area contributed by atoms with Crippen LogP contribution in [0.4, 0.5) is 10.1 Å². The summed E-state index contributed by atoms with van der Waals surface area (Å²) in [6.45, 7) is 3.06. The molecule has 0 aliphatic heterocycles. The van der Waals surface area contributed by atoms with Crippen LogP contribution in [0.1, 0.15) is 24.2 Å². The average Bonchev–Trinajstić information content (AvgIpc) is 2.42. The van der Waals surface area contributed by atoms with E-state index in [2.05, 4.69) is 0 Å². The van der Waals surface area contributed by atoms with E-state index in [0.29, 0.717) is 5.56 Å². The maximum atomic E-state index is 13.2. The van der Waals surface area contributed by atoms with Gasteiger partial charge in [0, 0.05) is 11.6 Å². The molecule has 0 aliphatic carbocycles. The summed E-state index contributed by atoms with van der Waals surface area (Å²) in [7, 11) is 0. The van der Waals surface area contributed by atoms with Crippen LogP contribution < -0.4 is 4.74 Å². The number of hydrogen-bond acceptors (Lipinski definition) is 4. The van der Waals surface area contributed by atoms with Gasteiger partial charge in [0.15, 0.2) is 0 Å². The van der Waals surface area contributed by atoms with Gasteiger partial charge >= 0.3 is 0 Å². The second-order valence-electron chi connectivity index (χ2n) is 4.62. The molecule has 2 rings (SSSR count). The van der Waals surface area contributed by atoms with Crippen molar-refractivity contribution in [1.29, 1.82) is 0 Å². The van der Waals surface area contributed by atoms with Crippen LogP contribution in [0.15, 0.2) is 36.4 Å². The molecule has 5 nitrogen and oxygen atoms in total. The van der Waals surface area contributed by atoms with Crippen molar-refractivity contribution in [1.82, 2.24) is 0 Å². The van der Waals surface area contributed by atoms with Crippen molar-refractivity contribution >= 4 is 5.69 Å². The van der Waals surface area contributed by atoms with Gasteiger partial charge in [0.25, 0.3) is 5.69 Å². The van der Waals surface area contributed by atoms with Crippen LogP contribution in [0.3, 0.4) is 0 Å². The Morgan fingerprint density at radius 3 is 2.62 bits per heavy atom. The van der Waals surface area contributed by atoms with E-state index < -0.39 is 16.8 Å². The fourth-order valence-corrected chi connectivity index (χ4v) is 1.97. The quantitative estimate of drug-likeness (QED) is 0.685. The predicted molar refractivity (Wildman–Crippen MR) is 74.9 cm³/mol. The van der Waals surface area contributed by atoms with Gasteiger partial charge < -0.3 is 9.84 Å². The first kappa shape index (κ1) is 14.9. The van der Waals surface area contributed by atoms with Crippen LogP contribution in [0.5, 0.6) is 11.5 Å². The monoisotopic (exact) mass is 291 g/mol. The first-order chi connectivity index (χ1) is 9.90. The Bertz CT molecular complexity index is 685. The van der Waals surface area contributed by atoms with Gasteiger partial charge in [0.05, 0.1) is 16.6 Å². The highest BCUT2D eigenvalue weighted by Gasteiger charge is 2.17. The van der Waals surface area contributed by atoms with Crippen LogP contribution in [-0.2, 0) is 0 Å². The number of nitro groups is 1. The van der Waals surface area contributed by atoms with Gasteiger partial charge in [-0.05, 0) is 38.1 Å². The summed E-state index contributed by atoms with van der Waals surface area (Å²) in [5, 5.41) is 20.6. The molecule has 2 aromatic rings. The largest absolute Gasteiger partial charge is 0.456 e. The van der Waals surface area contributed by atoms with Crippen LogP contribution >= 0.6 is 0 Å². The standard InChI is InChI=1S/C15H14FNO4/c1-9-13(17(19)20)4-3-5-14(9)21-15-7-6-11(16)8-12(15)10(2)18/h3-8,10,18H,1-2H3. The zero-order chi connectivity index (χ0) is 15.6. The zero-order valence-corrected chi connectivity index (χ0v) is 11.5. The number of hydrogen-bond donors (Lipinski definition) is 1. The summed E-state index contributed by atoms with van der Waals surface area (Å²) in [6, 6.07) is 8.22. The van der Waals surface area contributed by atoms with E-state index in [9.17, 15) is 19.6 Å². The van der Waals surface area contributed by atoms with Crippen LogP contribution in [-0.4, -0.2) is 10.0 Å². The average molecular weight is 291 g/mol. The number of nitrogens with zero attached hydrogens (tertiary/aromatic N) is 1. The molecular weight excluding hydrogens is 277 g/mol. The minimum Gasteiger partial charge on any atom is -0.456 e. The molecule has 0 saturated carbocycles. The number of rotatable bonds is 4. The second-order valence-corrected chi connectivity index (χ2v) is 4.62. The normalized spacial score (nSPS) is 12.0. The molecule has 0 aromatic heterocycles. The molecule has 1 N–H and O–H groups in total. The first-order valence-electron chi connectivity index (χ1n) is 6.29. The lowest BCUT2D eigenvalue weighted by atomic mass is 10.1. The Labute approximate surface area is 120 Å². The smallest absolute Gasteiger partial charge is 0.276 e. The molecule has 0 radical (unpaired) electrons. The molecule has 0 spiro atoms. The molecule has 0 amide bonds. The molecule has 0 bridgehead atoms. The van der Waals surface area contributed by atoms with Crippen LogP contribution in [0.25, 0.3) is 0 Å². The Kier molecular flexibility index (Phi) is 4.18. The Morgan fingerprint density at radius 2 is 2.00 bits per heavy atom. The molecule has 0 heterocycles. The third-order valence-corrected chi connectivity index (χ3v) is 3.09. The third kappa shape index (κ3) is 3.17. The minimum absolute atomic E-state index is 0.0618. The highest BCUT2D eigenvalue weighted by atomic mass is 19.1. The molecule has 0 fully saturated rings. The van der Waals surface area contributed by atoms with E-state index in [1.165, 1.54) is 37.3 Å². The molecular formula is C15H14FNO4. The van der Waals surface area contributed by atoms with Crippen molar-refractivity contribution in [3.05, 3.63) is 63.5 Å². The van der Waals surface area contributed by atoms with Gasteiger partial charge in [-0.15, -0.1) is 0 Å². The van der Waals surface area contributed by atoms with Crippen LogP contribution in [0.2, 0.25) is 0 Å². The maximum Gasteiger partial charge on any atom is 0.276 e. The van der Waals surface area contributed by atoms with E-state index in [-0.39, 0.29) is 22.7 Å². The summed E-state index contributed by atoms with van der Waals surface area (Å²) >= 11 is 0. The summed E-state index contributed by atoms with van der Waals surface area (Å²) in [6.07, 6.45) is -0.922. The first-order valence-corrected chi connectivity index (χ1v) is 6.29. The number of benzene rings is 2. The lowest BCUT2D eigenvalue weighted by Gasteiger charge is -2.14. The lowest BCUT2D eigenvalue weighted by Crippen LogP contribution is -1.99. The van der Waals surface area contributed by atoms with Gasteiger partial charge in [0.1, 0.15) is 17.3 Å². The summed E-state index contributed by atoms with van der Waals surface area (Å²) in [5.41, 5.74) is 0.581. The Balaban J connectivity index is 2.44. The van der Waals surface area contributed by atoms with Crippen molar-refractivity contribution in [2.24, 2.45) is 0 Å². The van der Waals surface area contributed by atoms with Gasteiger partial charge in [-0.25, -0.2) is 4.39 Å². The molecule has 110 valence electrons. The highest BCUT2D eigenvalue weighted by Crippen LogP contribution is 2.34. The number of ether oxygens (including phenoxy) is 1. The molecule has 6 heteroatoms. The number of halogens is 1. The molecule has 1 unspecified atom stereocenters. The second kappa shape index (κ2) is 5.88. The molecule has 1 atom stereocenters. The maximum absolute atomic E-state index is 13.2. The zero-order valence-electron chi connectivity index (χ0n) is 11.5. The minimum atomic E-state index is -0.922. The third-order valence-electron chi connectivity index (χ3n) is 3.09. The van der Waals surface area contributed by atoms with E-state index in [0.717, 1.165) is 0 Å². The van der Waals surface area contributed by atoms with Crippen LogP contribution in [0, 0.1) is 22.9 Å². The number of nitro benzene ring substituents is 1. The van der Waals surface area contributed by atoms with Crippen molar-refractivity contribution in [2.75, 3.05) is 0 Å². The van der Waals surface area contributed by atoms with Gasteiger partial charge in [-0.2, -0.15) is 0 Å². The van der Waals surface area contributed by atoms with Gasteiger partial charge in [0.2, 0.25) is 0 Å². The molecule has 0 aliphatic rings. The number of aliphatic hydroxyl groups excluding tert-OH is 1. The van der Waals surface area contributed by atoms with Crippen molar-refractivity contribution < 1.29 is 19.2 Å². The summed E-state index contributed by atoms with van der Waals surface area (Å²) < 4.78 is 18.9. The van der Waals surface area contributed by atoms with Gasteiger partial charge in [-0.1, -0.05) is 6.07 Å². The summed E-state index contributed by atoms with van der Waals surface area (Å²) in [4.78, 5) is 10.4. The van der Waals surface area contributed by atoms with Gasteiger partial charge in [-0.3, -0.25) is 10.1 Å². The number of aliphatic hydroxyl groups is 1. The highest BCUT2D eigenvalue weighted by molar-refractivity contribution is 5.50. The SMILES string of the molecule is Cc1c(Oc2ccc(F)cc2C(C)O)cccc1[N+](=O)[O-]. The Hall–Kier alpha value is -2.47. The van der Waals surface area contributed by atoms with E-state index in [4.69, 9.17) is 4.74 Å². The van der Waals surface area contributed by atoms with Crippen molar-refractivity contribution in [3.63, 3.8) is 0 Å². The van der Waals surface area contributed by atoms with Crippen molar-refractivity contribution in [3.8, 4) is 11.5 Å². The Morgan fingerprint density at radius 1 is 1.29 bits per heavy atom.